The van der Waals surface area contributed by atoms with Crippen LogP contribution in [0.2, 0.25) is 0 Å². The maximum atomic E-state index is 6.14. The van der Waals surface area contributed by atoms with Crippen LogP contribution in [0.5, 0.6) is 0 Å². The molecule has 0 bridgehead atoms. The van der Waals surface area contributed by atoms with Crippen molar-refractivity contribution in [2.24, 2.45) is 5.73 Å². The van der Waals surface area contributed by atoms with Gasteiger partial charge in [-0.1, -0.05) is 0 Å². The normalized spacial score (nSPS) is 20.0. The van der Waals surface area contributed by atoms with Gasteiger partial charge in [0.25, 0.3) is 0 Å². The Kier molecular flexibility index (Phi) is 6.35. The molecule has 0 spiro atoms. The third kappa shape index (κ3) is 5.59. The van der Waals surface area contributed by atoms with E-state index in [1.165, 1.54) is 6.42 Å². The number of methoxy groups -OCH3 is 1. The second kappa shape index (κ2) is 7.84. The first kappa shape index (κ1) is 17.8. The van der Waals surface area contributed by atoms with Gasteiger partial charge in [0, 0.05) is 44.2 Å². The zero-order valence-electron chi connectivity index (χ0n) is 14.3. The van der Waals surface area contributed by atoms with Crippen LogP contribution in [0.3, 0.4) is 0 Å². The fourth-order valence-corrected chi connectivity index (χ4v) is 3.67. The summed E-state index contributed by atoms with van der Waals surface area (Å²) in [5.41, 5.74) is 7.19. The van der Waals surface area contributed by atoms with E-state index >= 15 is 0 Å². The number of hydrogen-bond acceptors (Lipinski definition) is 6. The van der Waals surface area contributed by atoms with E-state index in [9.17, 15) is 0 Å². The Bertz CT molecular complexity index is 457. The Labute approximate surface area is 138 Å². The highest BCUT2D eigenvalue weighted by atomic mass is 32.1. The Morgan fingerprint density at radius 2 is 2.00 bits per heavy atom. The molecule has 2 rings (SSSR count). The molecule has 2 N–H and O–H groups in total. The molecule has 1 aromatic rings. The van der Waals surface area contributed by atoms with E-state index in [4.69, 9.17) is 15.5 Å². The second-order valence-electron chi connectivity index (χ2n) is 6.95. The lowest BCUT2D eigenvalue weighted by atomic mass is 10.1. The van der Waals surface area contributed by atoms with Crippen LogP contribution in [0.15, 0.2) is 5.38 Å². The first-order valence-corrected chi connectivity index (χ1v) is 8.96. The third-order valence-corrected chi connectivity index (χ3v) is 5.02. The summed E-state index contributed by atoms with van der Waals surface area (Å²) in [7, 11) is 1.73. The smallest absolute Gasteiger partial charge is 0.122 e. The van der Waals surface area contributed by atoms with Gasteiger partial charge in [-0.3, -0.25) is 4.90 Å². The minimum absolute atomic E-state index is 0.0881. The molecule has 1 aliphatic heterocycles. The molecule has 2 heterocycles. The quantitative estimate of drug-likeness (QED) is 0.867. The van der Waals surface area contributed by atoms with Crippen molar-refractivity contribution in [3.63, 3.8) is 0 Å². The highest BCUT2D eigenvalue weighted by molar-refractivity contribution is 7.09. The number of nitrogens with two attached hydrogens (primary N) is 1. The average Bonchev–Trinajstić information content (AvgIpc) is 2.79. The maximum Gasteiger partial charge on any atom is 0.122 e. The summed E-state index contributed by atoms with van der Waals surface area (Å²) in [5.74, 6) is 0. The third-order valence-electron chi connectivity index (χ3n) is 3.97. The minimum Gasteiger partial charge on any atom is -0.375 e. The Hall–Kier alpha value is -0.530. The Morgan fingerprint density at radius 1 is 1.32 bits per heavy atom. The van der Waals surface area contributed by atoms with Gasteiger partial charge in [-0.15, -0.1) is 11.3 Å². The van der Waals surface area contributed by atoms with Crippen molar-refractivity contribution in [1.29, 1.82) is 0 Å². The second-order valence-corrected chi connectivity index (χ2v) is 7.84. The number of rotatable bonds is 6. The van der Waals surface area contributed by atoms with Crippen LogP contribution < -0.4 is 5.73 Å². The molecule has 0 amide bonds. The molecular weight excluding hydrogens is 296 g/mol. The summed E-state index contributed by atoms with van der Waals surface area (Å²) in [6.45, 7) is 12.6. The van der Waals surface area contributed by atoms with E-state index in [2.05, 4.69) is 29.0 Å². The molecule has 1 aromatic heterocycles. The van der Waals surface area contributed by atoms with Gasteiger partial charge in [0.1, 0.15) is 11.1 Å². The summed E-state index contributed by atoms with van der Waals surface area (Å²) in [4.78, 5) is 9.69. The number of aromatic nitrogens is 1. The van der Waals surface area contributed by atoms with Gasteiger partial charge in [0.05, 0.1) is 5.69 Å². The molecule has 0 saturated carbocycles. The minimum atomic E-state index is -0.116. The number of hydrogen-bond donors (Lipinski definition) is 1. The predicted molar refractivity (Wildman–Crippen MR) is 92.1 cm³/mol. The van der Waals surface area contributed by atoms with Gasteiger partial charge in [-0.05, 0) is 40.3 Å². The molecule has 0 aromatic carbocycles. The number of thiazole rings is 1. The fourth-order valence-electron chi connectivity index (χ4n) is 2.83. The summed E-state index contributed by atoms with van der Waals surface area (Å²) in [6.07, 6.45) is 1.28. The lowest BCUT2D eigenvalue weighted by molar-refractivity contribution is 0.119. The van der Waals surface area contributed by atoms with E-state index in [0.29, 0.717) is 0 Å². The first-order chi connectivity index (χ1) is 10.4. The van der Waals surface area contributed by atoms with E-state index < -0.39 is 0 Å². The van der Waals surface area contributed by atoms with Crippen molar-refractivity contribution in [1.82, 2.24) is 14.8 Å². The summed E-state index contributed by atoms with van der Waals surface area (Å²) < 4.78 is 5.34. The van der Waals surface area contributed by atoms with E-state index in [1.54, 1.807) is 18.4 Å². The van der Waals surface area contributed by atoms with Crippen LogP contribution in [0.25, 0.3) is 0 Å². The molecule has 22 heavy (non-hydrogen) atoms. The Balaban J connectivity index is 1.85. The Morgan fingerprint density at radius 3 is 2.68 bits per heavy atom. The molecule has 0 aliphatic carbocycles. The van der Waals surface area contributed by atoms with Crippen molar-refractivity contribution >= 4 is 11.3 Å². The molecule has 1 aliphatic rings. The summed E-state index contributed by atoms with van der Waals surface area (Å²) >= 11 is 1.69. The molecule has 1 atom stereocenters. The van der Waals surface area contributed by atoms with Crippen molar-refractivity contribution in [2.45, 2.75) is 45.4 Å². The van der Waals surface area contributed by atoms with E-state index in [1.807, 2.05) is 6.92 Å². The number of ether oxygens (including phenoxy) is 1. The predicted octanol–water partition coefficient (Wildman–Crippen LogP) is 2.10. The summed E-state index contributed by atoms with van der Waals surface area (Å²) in [5, 5.41) is 3.23. The monoisotopic (exact) mass is 326 g/mol. The van der Waals surface area contributed by atoms with Crippen molar-refractivity contribution in [3.05, 3.63) is 16.1 Å². The van der Waals surface area contributed by atoms with E-state index in [-0.39, 0.29) is 11.6 Å². The fraction of sp³-hybridized carbons (Fsp3) is 0.812. The zero-order chi connectivity index (χ0) is 16.2. The van der Waals surface area contributed by atoms with Gasteiger partial charge < -0.3 is 15.4 Å². The highest BCUT2D eigenvalue weighted by Gasteiger charge is 2.21. The number of nitrogens with zero attached hydrogens (tertiary/aromatic N) is 3. The van der Waals surface area contributed by atoms with Gasteiger partial charge in [0.2, 0.25) is 0 Å². The van der Waals surface area contributed by atoms with Crippen molar-refractivity contribution in [3.8, 4) is 0 Å². The molecule has 1 unspecified atom stereocenters. The standard InChI is InChI=1S/C16H30N4OS/c1-13(21-4)15-18-14(11-22-15)10-19-6-5-7-20(9-8-19)12-16(2,3)17/h11,13H,5-10,12,17H2,1-4H3. The average molecular weight is 327 g/mol. The summed E-state index contributed by atoms with van der Waals surface area (Å²) in [6, 6.07) is 0. The lowest BCUT2D eigenvalue weighted by Gasteiger charge is -2.28. The van der Waals surface area contributed by atoms with Crippen LogP contribution in [-0.4, -0.2) is 60.2 Å². The van der Waals surface area contributed by atoms with Crippen LogP contribution in [-0.2, 0) is 11.3 Å². The van der Waals surface area contributed by atoms with Gasteiger partial charge in [0.15, 0.2) is 0 Å². The lowest BCUT2D eigenvalue weighted by Crippen LogP contribution is -2.46. The molecule has 6 heteroatoms. The van der Waals surface area contributed by atoms with Crippen molar-refractivity contribution < 1.29 is 4.74 Å². The molecule has 126 valence electrons. The molecule has 5 nitrogen and oxygen atoms in total. The molecule has 0 radical (unpaired) electrons. The van der Waals surface area contributed by atoms with Gasteiger partial charge in [-0.25, -0.2) is 4.98 Å². The largest absolute Gasteiger partial charge is 0.375 e. The van der Waals surface area contributed by atoms with Crippen LogP contribution in [0, 0.1) is 0 Å². The molecular formula is C16H30N4OS. The van der Waals surface area contributed by atoms with E-state index in [0.717, 1.165) is 50.0 Å². The van der Waals surface area contributed by atoms with Gasteiger partial charge >= 0.3 is 0 Å². The van der Waals surface area contributed by atoms with Crippen LogP contribution in [0.4, 0.5) is 0 Å². The van der Waals surface area contributed by atoms with Crippen LogP contribution in [0.1, 0.15) is 44.0 Å². The van der Waals surface area contributed by atoms with Gasteiger partial charge in [-0.2, -0.15) is 0 Å². The zero-order valence-corrected chi connectivity index (χ0v) is 15.2. The molecule has 1 saturated heterocycles. The topological polar surface area (TPSA) is 54.6 Å². The van der Waals surface area contributed by atoms with Crippen LogP contribution >= 0.6 is 11.3 Å². The van der Waals surface area contributed by atoms with Crippen molar-refractivity contribution in [2.75, 3.05) is 39.8 Å². The maximum absolute atomic E-state index is 6.14. The first-order valence-electron chi connectivity index (χ1n) is 8.08. The SMILES string of the molecule is COC(C)c1nc(CN2CCCN(CC(C)(C)N)CC2)cs1. The molecule has 1 fully saturated rings. The highest BCUT2D eigenvalue weighted by Crippen LogP contribution is 2.21.